The zero-order valence-electron chi connectivity index (χ0n) is 11.6. The van der Waals surface area contributed by atoms with Crippen LogP contribution in [0.2, 0.25) is 0 Å². The maximum atomic E-state index is 12.2. The third-order valence-corrected chi connectivity index (χ3v) is 4.46. The molecule has 0 unspecified atom stereocenters. The molecular formula is C16H13N3O2S. The summed E-state index contributed by atoms with van der Waals surface area (Å²) in [5.41, 5.74) is 1.58. The lowest BCUT2D eigenvalue weighted by molar-refractivity contribution is -0.117. The Hall–Kier alpha value is -2.47. The Morgan fingerprint density at radius 3 is 3.00 bits per heavy atom. The molecule has 1 N–H and O–H groups in total. The minimum atomic E-state index is -0.0200. The van der Waals surface area contributed by atoms with E-state index in [2.05, 4.69) is 15.3 Å². The van der Waals surface area contributed by atoms with Crippen LogP contribution in [0.15, 0.2) is 52.6 Å². The summed E-state index contributed by atoms with van der Waals surface area (Å²) in [5, 5.41) is 5.39. The van der Waals surface area contributed by atoms with Crippen LogP contribution >= 0.6 is 11.3 Å². The monoisotopic (exact) mass is 311 g/mol. The summed E-state index contributed by atoms with van der Waals surface area (Å²) in [6.07, 6.45) is 4.20. The highest BCUT2D eigenvalue weighted by atomic mass is 32.1. The van der Waals surface area contributed by atoms with E-state index in [4.69, 9.17) is 4.42 Å². The van der Waals surface area contributed by atoms with Crippen molar-refractivity contribution in [3.05, 3.63) is 53.9 Å². The van der Waals surface area contributed by atoms with Gasteiger partial charge in [-0.1, -0.05) is 6.07 Å². The number of hydrogen-bond acceptors (Lipinski definition) is 5. The van der Waals surface area contributed by atoms with Crippen LogP contribution < -0.4 is 5.32 Å². The Bertz CT molecular complexity index is 783. The van der Waals surface area contributed by atoms with Gasteiger partial charge in [0.25, 0.3) is 0 Å². The van der Waals surface area contributed by atoms with E-state index in [1.807, 2.05) is 35.7 Å². The van der Waals surface area contributed by atoms with Crippen LogP contribution in [-0.2, 0) is 4.79 Å². The van der Waals surface area contributed by atoms with Crippen molar-refractivity contribution in [2.24, 2.45) is 5.92 Å². The van der Waals surface area contributed by atoms with Gasteiger partial charge in [0, 0.05) is 23.4 Å². The molecule has 110 valence electrons. The fraction of sp³-hybridized carbons (Fsp3) is 0.188. The maximum Gasteiger partial charge on any atom is 0.230 e. The number of furan rings is 1. The van der Waals surface area contributed by atoms with Crippen LogP contribution in [0.4, 0.5) is 5.13 Å². The molecule has 2 atom stereocenters. The molecule has 1 fully saturated rings. The van der Waals surface area contributed by atoms with E-state index in [1.54, 1.807) is 12.5 Å². The zero-order valence-corrected chi connectivity index (χ0v) is 12.4. The first kappa shape index (κ1) is 13.2. The van der Waals surface area contributed by atoms with Gasteiger partial charge in [-0.2, -0.15) is 0 Å². The van der Waals surface area contributed by atoms with Crippen molar-refractivity contribution in [1.29, 1.82) is 0 Å². The van der Waals surface area contributed by atoms with Crippen LogP contribution in [-0.4, -0.2) is 15.9 Å². The normalized spacial score (nSPS) is 19.8. The molecule has 0 radical (unpaired) electrons. The van der Waals surface area contributed by atoms with Crippen molar-refractivity contribution < 1.29 is 9.21 Å². The van der Waals surface area contributed by atoms with E-state index < -0.39 is 0 Å². The molecule has 0 aliphatic heterocycles. The summed E-state index contributed by atoms with van der Waals surface area (Å²) in [7, 11) is 0. The Kier molecular flexibility index (Phi) is 3.23. The molecule has 0 saturated heterocycles. The van der Waals surface area contributed by atoms with Gasteiger partial charge in [-0.15, -0.1) is 11.3 Å². The average molecular weight is 311 g/mol. The highest BCUT2D eigenvalue weighted by molar-refractivity contribution is 7.14. The molecular weight excluding hydrogens is 298 g/mol. The first-order valence-corrected chi connectivity index (χ1v) is 7.90. The van der Waals surface area contributed by atoms with Gasteiger partial charge in [-0.25, -0.2) is 4.98 Å². The van der Waals surface area contributed by atoms with Crippen LogP contribution in [0.25, 0.3) is 11.4 Å². The van der Waals surface area contributed by atoms with Gasteiger partial charge in [0.2, 0.25) is 5.91 Å². The van der Waals surface area contributed by atoms with Gasteiger partial charge >= 0.3 is 0 Å². The van der Waals surface area contributed by atoms with E-state index >= 15 is 0 Å². The number of pyridine rings is 1. The predicted octanol–water partition coefficient (Wildman–Crippen LogP) is 3.54. The van der Waals surface area contributed by atoms with Gasteiger partial charge in [-0.05, 0) is 30.7 Å². The molecule has 1 saturated carbocycles. The van der Waals surface area contributed by atoms with Crippen LogP contribution in [0, 0.1) is 5.92 Å². The topological polar surface area (TPSA) is 68.0 Å². The second kappa shape index (κ2) is 5.38. The second-order valence-electron chi connectivity index (χ2n) is 5.21. The van der Waals surface area contributed by atoms with Gasteiger partial charge in [-0.3, -0.25) is 9.78 Å². The van der Waals surface area contributed by atoms with E-state index in [-0.39, 0.29) is 17.7 Å². The van der Waals surface area contributed by atoms with Crippen LogP contribution in [0.3, 0.4) is 0 Å². The molecule has 3 aromatic heterocycles. The Morgan fingerprint density at radius 2 is 2.23 bits per heavy atom. The number of anilines is 1. The largest absolute Gasteiger partial charge is 0.469 e. The molecule has 0 spiro atoms. The standard InChI is InChI=1S/C16H13N3O2S/c20-15(11-8-10(11)14-5-3-7-21-14)19-16-18-13(9-22-16)12-4-1-2-6-17-12/h1-7,9-11H,8H2,(H,18,19,20)/t10-,11-/m0/s1. The zero-order chi connectivity index (χ0) is 14.9. The van der Waals surface area contributed by atoms with Gasteiger partial charge in [0.05, 0.1) is 12.0 Å². The maximum absolute atomic E-state index is 12.2. The summed E-state index contributed by atoms with van der Waals surface area (Å²) < 4.78 is 5.35. The Balaban J connectivity index is 1.42. The van der Waals surface area contributed by atoms with Crippen molar-refractivity contribution in [3.63, 3.8) is 0 Å². The minimum absolute atomic E-state index is 0.00307. The van der Waals surface area contributed by atoms with Crippen molar-refractivity contribution in [2.45, 2.75) is 12.3 Å². The molecule has 3 heterocycles. The van der Waals surface area contributed by atoms with Crippen LogP contribution in [0.5, 0.6) is 0 Å². The van der Waals surface area contributed by atoms with Crippen molar-refractivity contribution in [3.8, 4) is 11.4 Å². The van der Waals surface area contributed by atoms with E-state index in [9.17, 15) is 4.79 Å². The lowest BCUT2D eigenvalue weighted by atomic mass is 10.2. The molecule has 0 aromatic carbocycles. The number of hydrogen-bond donors (Lipinski definition) is 1. The number of carbonyl (C=O) groups is 1. The summed E-state index contributed by atoms with van der Waals surface area (Å²) in [6.45, 7) is 0. The molecule has 6 heteroatoms. The molecule has 1 aliphatic rings. The van der Waals surface area contributed by atoms with E-state index in [1.165, 1.54) is 11.3 Å². The summed E-state index contributed by atoms with van der Waals surface area (Å²) >= 11 is 1.41. The second-order valence-corrected chi connectivity index (χ2v) is 6.06. The summed E-state index contributed by atoms with van der Waals surface area (Å²) in [4.78, 5) is 20.9. The first-order chi connectivity index (χ1) is 10.8. The highest BCUT2D eigenvalue weighted by Crippen LogP contribution is 2.48. The fourth-order valence-electron chi connectivity index (χ4n) is 2.46. The number of nitrogens with one attached hydrogen (secondary N) is 1. The van der Waals surface area contributed by atoms with Crippen LogP contribution in [0.1, 0.15) is 18.1 Å². The molecule has 1 aliphatic carbocycles. The first-order valence-electron chi connectivity index (χ1n) is 7.02. The summed E-state index contributed by atoms with van der Waals surface area (Å²) in [5.74, 6) is 1.07. The molecule has 4 rings (SSSR count). The number of thiazole rings is 1. The molecule has 3 aromatic rings. The Labute approximate surface area is 131 Å². The quantitative estimate of drug-likeness (QED) is 0.800. The molecule has 5 nitrogen and oxygen atoms in total. The third kappa shape index (κ3) is 2.53. The van der Waals surface area contributed by atoms with Crippen molar-refractivity contribution in [1.82, 2.24) is 9.97 Å². The lowest BCUT2D eigenvalue weighted by Gasteiger charge is -2.00. The van der Waals surface area contributed by atoms with Gasteiger partial charge in [0.15, 0.2) is 5.13 Å². The Morgan fingerprint density at radius 1 is 1.27 bits per heavy atom. The van der Waals surface area contributed by atoms with E-state index in [0.717, 1.165) is 23.6 Å². The van der Waals surface area contributed by atoms with Gasteiger partial charge in [0.1, 0.15) is 11.5 Å². The van der Waals surface area contributed by atoms with E-state index in [0.29, 0.717) is 5.13 Å². The number of amides is 1. The number of aromatic nitrogens is 2. The van der Waals surface area contributed by atoms with Crippen molar-refractivity contribution in [2.75, 3.05) is 5.32 Å². The van der Waals surface area contributed by atoms with Crippen molar-refractivity contribution >= 4 is 22.4 Å². The third-order valence-electron chi connectivity index (χ3n) is 3.70. The molecule has 1 amide bonds. The van der Waals surface area contributed by atoms with Gasteiger partial charge < -0.3 is 9.73 Å². The predicted molar refractivity (Wildman–Crippen MR) is 83.5 cm³/mol. The highest BCUT2D eigenvalue weighted by Gasteiger charge is 2.46. The molecule has 22 heavy (non-hydrogen) atoms. The lowest BCUT2D eigenvalue weighted by Crippen LogP contribution is -2.14. The number of rotatable bonds is 4. The number of nitrogens with zero attached hydrogens (tertiary/aromatic N) is 2. The number of carbonyl (C=O) groups excluding carboxylic acids is 1. The average Bonchev–Trinajstić information content (AvgIpc) is 2.97. The smallest absolute Gasteiger partial charge is 0.230 e. The SMILES string of the molecule is O=C(Nc1nc(-c2ccccn2)cs1)[C@H]1C[C@@H]1c1ccco1. The minimum Gasteiger partial charge on any atom is -0.469 e. The fourth-order valence-corrected chi connectivity index (χ4v) is 3.17. The molecule has 0 bridgehead atoms. The summed E-state index contributed by atoms with van der Waals surface area (Å²) in [6, 6.07) is 9.44.